The molecular formula is C19H21N3O5S. The number of hydrogen-bond acceptors (Lipinski definition) is 8. The van der Waals surface area contributed by atoms with Crippen LogP contribution in [0.3, 0.4) is 0 Å². The zero-order chi connectivity index (χ0) is 20.1. The van der Waals surface area contributed by atoms with E-state index in [1.807, 2.05) is 6.92 Å². The summed E-state index contributed by atoms with van der Waals surface area (Å²) in [5, 5.41) is 13.5. The first kappa shape index (κ1) is 20.0. The minimum atomic E-state index is -0.618. The molecule has 2 N–H and O–H groups in total. The summed E-state index contributed by atoms with van der Waals surface area (Å²) in [6.07, 6.45) is 2.36. The van der Waals surface area contributed by atoms with Crippen molar-refractivity contribution in [2.24, 2.45) is 0 Å². The van der Waals surface area contributed by atoms with Gasteiger partial charge in [0.25, 0.3) is 0 Å². The number of ketones is 1. The molecule has 1 amide bonds. The SMILES string of the molecule is COCCCOC(=O)Nc1nc2c(s1)C(O)=C(C(=O)c1ccc(C)nc1)CC2. The Balaban J connectivity index is 1.72. The van der Waals surface area contributed by atoms with Crippen LogP contribution in [0.4, 0.5) is 9.93 Å². The summed E-state index contributed by atoms with van der Waals surface area (Å²) in [6, 6.07) is 3.45. The second kappa shape index (κ2) is 8.94. The van der Waals surface area contributed by atoms with E-state index >= 15 is 0 Å². The number of carbonyl (C=O) groups is 2. The maximum Gasteiger partial charge on any atom is 0.413 e. The highest BCUT2D eigenvalue weighted by Gasteiger charge is 2.28. The molecule has 0 saturated carbocycles. The van der Waals surface area contributed by atoms with Gasteiger partial charge in [0, 0.05) is 43.2 Å². The summed E-state index contributed by atoms with van der Waals surface area (Å²) in [4.78, 5) is 33.5. The number of Topliss-reactive ketones (excluding diaryl/α,β-unsaturated/α-hetero) is 1. The van der Waals surface area contributed by atoms with Gasteiger partial charge in [0.05, 0.1) is 17.2 Å². The van der Waals surface area contributed by atoms with Crippen LogP contribution in [0, 0.1) is 6.92 Å². The number of amides is 1. The normalized spacial score (nSPS) is 13.2. The van der Waals surface area contributed by atoms with Crippen LogP contribution in [0.5, 0.6) is 0 Å². The number of thiazole rings is 1. The fourth-order valence-corrected chi connectivity index (χ4v) is 3.72. The lowest BCUT2D eigenvalue weighted by Gasteiger charge is -2.14. The molecule has 1 aliphatic rings. The van der Waals surface area contributed by atoms with E-state index in [-0.39, 0.29) is 18.1 Å². The third kappa shape index (κ3) is 4.55. The van der Waals surface area contributed by atoms with Crippen LogP contribution in [-0.2, 0) is 15.9 Å². The van der Waals surface area contributed by atoms with Gasteiger partial charge in [-0.3, -0.25) is 15.1 Å². The molecule has 0 saturated heterocycles. The summed E-state index contributed by atoms with van der Waals surface area (Å²) in [5.74, 6) is -0.345. The van der Waals surface area contributed by atoms with Crippen molar-refractivity contribution < 1.29 is 24.2 Å². The van der Waals surface area contributed by atoms with Crippen molar-refractivity contribution >= 4 is 34.1 Å². The summed E-state index contributed by atoms with van der Waals surface area (Å²) < 4.78 is 9.92. The van der Waals surface area contributed by atoms with Crippen LogP contribution in [0.25, 0.3) is 5.76 Å². The first-order chi connectivity index (χ1) is 13.5. The number of methoxy groups -OCH3 is 1. The smallest absolute Gasteiger partial charge is 0.413 e. The molecule has 0 atom stereocenters. The Bertz CT molecular complexity index is 905. The van der Waals surface area contributed by atoms with Gasteiger partial charge in [-0.25, -0.2) is 9.78 Å². The Morgan fingerprint density at radius 1 is 1.29 bits per heavy atom. The summed E-state index contributed by atoms with van der Waals surface area (Å²) in [5.41, 5.74) is 2.22. The van der Waals surface area contributed by atoms with Gasteiger partial charge in [0.15, 0.2) is 10.9 Å². The number of aliphatic hydroxyl groups excluding tert-OH is 1. The van der Waals surface area contributed by atoms with Crippen LogP contribution in [0.1, 0.15) is 39.5 Å². The molecular weight excluding hydrogens is 382 g/mol. The van der Waals surface area contributed by atoms with E-state index in [4.69, 9.17) is 9.47 Å². The van der Waals surface area contributed by atoms with Crippen LogP contribution in [0.15, 0.2) is 23.9 Å². The number of nitrogens with one attached hydrogen (secondary N) is 1. The number of aliphatic hydroxyl groups is 1. The lowest BCUT2D eigenvalue weighted by atomic mass is 9.93. The van der Waals surface area contributed by atoms with Crippen molar-refractivity contribution in [2.75, 3.05) is 25.6 Å². The number of fused-ring (bicyclic) bond motifs is 1. The molecule has 0 aliphatic heterocycles. The summed E-state index contributed by atoms with van der Waals surface area (Å²) >= 11 is 1.11. The van der Waals surface area contributed by atoms with Gasteiger partial charge in [-0.2, -0.15) is 0 Å². The molecule has 1 aliphatic carbocycles. The third-order valence-corrected chi connectivity index (χ3v) is 5.21. The van der Waals surface area contributed by atoms with Crippen LogP contribution in [-0.4, -0.2) is 47.3 Å². The quantitative estimate of drug-likeness (QED) is 0.537. The zero-order valence-electron chi connectivity index (χ0n) is 15.7. The maximum atomic E-state index is 12.7. The minimum Gasteiger partial charge on any atom is -0.506 e. The second-order valence-electron chi connectivity index (χ2n) is 6.25. The van der Waals surface area contributed by atoms with E-state index < -0.39 is 6.09 Å². The molecule has 3 rings (SSSR count). The molecule has 0 fully saturated rings. The van der Waals surface area contributed by atoms with E-state index in [9.17, 15) is 14.7 Å². The fourth-order valence-electron chi connectivity index (χ4n) is 2.75. The average Bonchev–Trinajstić information content (AvgIpc) is 3.09. The Labute approximate surface area is 166 Å². The number of rotatable bonds is 7. The predicted octanol–water partition coefficient (Wildman–Crippen LogP) is 3.53. The van der Waals surface area contributed by atoms with E-state index in [0.717, 1.165) is 17.0 Å². The van der Waals surface area contributed by atoms with Crippen molar-refractivity contribution in [3.63, 3.8) is 0 Å². The minimum absolute atomic E-state index is 0.0918. The number of nitrogens with zero attached hydrogens (tertiary/aromatic N) is 2. The molecule has 9 heteroatoms. The highest BCUT2D eigenvalue weighted by Crippen LogP contribution is 2.37. The number of allylic oxidation sites excluding steroid dienone is 1. The monoisotopic (exact) mass is 403 g/mol. The van der Waals surface area contributed by atoms with Crippen LogP contribution >= 0.6 is 11.3 Å². The van der Waals surface area contributed by atoms with Crippen molar-refractivity contribution in [3.05, 3.63) is 45.7 Å². The fraction of sp³-hybridized carbons (Fsp3) is 0.368. The second-order valence-corrected chi connectivity index (χ2v) is 7.25. The number of anilines is 1. The molecule has 2 aromatic heterocycles. The Hall–Kier alpha value is -2.78. The number of aromatic nitrogens is 2. The number of ether oxygens (including phenoxy) is 2. The van der Waals surface area contributed by atoms with Crippen molar-refractivity contribution in [1.29, 1.82) is 0 Å². The van der Waals surface area contributed by atoms with Gasteiger partial charge in [0.2, 0.25) is 0 Å². The Morgan fingerprint density at radius 2 is 2.11 bits per heavy atom. The summed E-state index contributed by atoms with van der Waals surface area (Å²) in [6.45, 7) is 2.58. The maximum absolute atomic E-state index is 12.7. The van der Waals surface area contributed by atoms with Gasteiger partial charge in [-0.15, -0.1) is 0 Å². The predicted molar refractivity (Wildman–Crippen MR) is 105 cm³/mol. The molecule has 8 nitrogen and oxygen atoms in total. The van der Waals surface area contributed by atoms with Crippen molar-refractivity contribution in [3.8, 4) is 0 Å². The molecule has 2 heterocycles. The first-order valence-electron chi connectivity index (χ1n) is 8.82. The van der Waals surface area contributed by atoms with Crippen molar-refractivity contribution in [2.45, 2.75) is 26.2 Å². The van der Waals surface area contributed by atoms with E-state index in [2.05, 4.69) is 15.3 Å². The van der Waals surface area contributed by atoms with Crippen molar-refractivity contribution in [1.82, 2.24) is 9.97 Å². The third-order valence-electron chi connectivity index (χ3n) is 4.19. The lowest BCUT2D eigenvalue weighted by Crippen LogP contribution is -2.15. The molecule has 0 unspecified atom stereocenters. The highest BCUT2D eigenvalue weighted by molar-refractivity contribution is 7.16. The Kier molecular flexibility index (Phi) is 6.37. The first-order valence-corrected chi connectivity index (χ1v) is 9.63. The van der Waals surface area contributed by atoms with E-state index in [0.29, 0.717) is 52.7 Å². The molecule has 0 bridgehead atoms. The molecule has 148 valence electrons. The van der Waals surface area contributed by atoms with Gasteiger partial charge in [-0.05, 0) is 31.9 Å². The molecule has 2 aromatic rings. The largest absolute Gasteiger partial charge is 0.506 e. The molecule has 0 spiro atoms. The summed E-state index contributed by atoms with van der Waals surface area (Å²) in [7, 11) is 1.58. The molecule has 0 radical (unpaired) electrons. The van der Waals surface area contributed by atoms with E-state index in [1.54, 1.807) is 19.2 Å². The standard InChI is InChI=1S/C19H21N3O5S/c1-11-4-5-12(10-20-11)15(23)13-6-7-14-17(16(13)24)28-18(21-14)22-19(25)27-9-3-8-26-2/h4-5,10,24H,3,6-9H2,1-2H3,(H,21,22,25). The lowest BCUT2D eigenvalue weighted by molar-refractivity contribution is 0.102. The van der Waals surface area contributed by atoms with Gasteiger partial charge in [0.1, 0.15) is 5.76 Å². The van der Waals surface area contributed by atoms with Crippen LogP contribution in [0.2, 0.25) is 0 Å². The number of pyridine rings is 1. The Morgan fingerprint density at radius 3 is 2.82 bits per heavy atom. The highest BCUT2D eigenvalue weighted by atomic mass is 32.1. The van der Waals surface area contributed by atoms with Gasteiger partial charge < -0.3 is 14.6 Å². The zero-order valence-corrected chi connectivity index (χ0v) is 16.5. The average molecular weight is 403 g/mol. The van der Waals surface area contributed by atoms with Gasteiger partial charge in [-0.1, -0.05) is 11.3 Å². The number of hydrogen-bond donors (Lipinski definition) is 2. The molecule has 28 heavy (non-hydrogen) atoms. The number of carbonyl (C=O) groups excluding carboxylic acids is 2. The topological polar surface area (TPSA) is 111 Å². The van der Waals surface area contributed by atoms with E-state index in [1.165, 1.54) is 6.20 Å². The molecule has 0 aromatic carbocycles. The number of aryl methyl sites for hydroxylation is 2. The van der Waals surface area contributed by atoms with Crippen LogP contribution < -0.4 is 5.32 Å². The van der Waals surface area contributed by atoms with Gasteiger partial charge >= 0.3 is 6.09 Å².